The number of allylic oxidation sites excluding steroid dienone is 1. The van der Waals surface area contributed by atoms with E-state index in [0.29, 0.717) is 5.52 Å². The van der Waals surface area contributed by atoms with E-state index in [4.69, 9.17) is 28.3 Å². The van der Waals surface area contributed by atoms with Crippen LogP contribution in [0.2, 0.25) is 0 Å². The Morgan fingerprint density at radius 2 is 1.79 bits per heavy atom. The van der Waals surface area contributed by atoms with E-state index in [0.717, 1.165) is 10.9 Å². The maximum Gasteiger partial charge on any atom is 0.349 e. The highest BCUT2D eigenvalue weighted by Gasteiger charge is 2.20. The lowest BCUT2D eigenvalue weighted by Crippen LogP contribution is -2.12. The Kier molecular flexibility index (Phi) is 3.64. The Bertz CT molecular complexity index is 716. The average Bonchev–Trinajstić information content (AvgIpc) is 2.74. The van der Waals surface area contributed by atoms with Crippen molar-refractivity contribution in [3.63, 3.8) is 0 Å². The summed E-state index contributed by atoms with van der Waals surface area (Å²) in [5.74, 6) is -2.11. The molecule has 19 heavy (non-hydrogen) atoms. The van der Waals surface area contributed by atoms with Crippen molar-refractivity contribution >= 4 is 46.0 Å². The molecule has 0 saturated carbocycles. The molecule has 0 radical (unpaired) electrons. The number of carboxylic acid groups (broad SMARTS) is 1. The number of fused-ring (bicyclic) bond motifs is 1. The van der Waals surface area contributed by atoms with Gasteiger partial charge in [0.2, 0.25) is 0 Å². The second-order valence-electron chi connectivity index (χ2n) is 3.94. The number of aromatic nitrogens is 1. The highest BCUT2D eigenvalue weighted by atomic mass is 35.5. The summed E-state index contributed by atoms with van der Waals surface area (Å²) in [5.41, 5.74) is 1.54. The molecule has 2 aromatic rings. The number of halogens is 2. The molecule has 6 heteroatoms. The molecule has 4 nitrogen and oxygen atoms in total. The van der Waals surface area contributed by atoms with Crippen molar-refractivity contribution in [1.82, 2.24) is 4.57 Å². The minimum Gasteiger partial charge on any atom is -0.477 e. The first kappa shape index (κ1) is 13.6. The minimum absolute atomic E-state index is 0.519. The molecule has 2 rings (SSSR count). The van der Waals surface area contributed by atoms with Gasteiger partial charge < -0.3 is 5.11 Å². The molecule has 0 amide bonds. The van der Waals surface area contributed by atoms with Crippen molar-refractivity contribution in [2.24, 2.45) is 0 Å². The summed E-state index contributed by atoms with van der Waals surface area (Å²) in [5, 5.41) is 8.42. The summed E-state index contributed by atoms with van der Waals surface area (Å²) >= 11 is 11.2. The number of aliphatic carboxylic acids is 1. The molecule has 1 heterocycles. The first-order valence-corrected chi connectivity index (χ1v) is 6.09. The lowest BCUT2D eigenvalue weighted by atomic mass is 10.2. The van der Waals surface area contributed by atoms with Crippen LogP contribution in [0.1, 0.15) is 10.4 Å². The summed E-state index contributed by atoms with van der Waals surface area (Å²) in [4.78, 5) is 22.9. The molecule has 0 unspecified atom stereocenters. The van der Waals surface area contributed by atoms with E-state index in [1.807, 2.05) is 19.1 Å². The van der Waals surface area contributed by atoms with Crippen LogP contribution in [0.25, 0.3) is 10.9 Å². The van der Waals surface area contributed by atoms with Crippen molar-refractivity contribution in [3.8, 4) is 0 Å². The molecule has 0 aliphatic heterocycles. The molecule has 1 aromatic heterocycles. The summed E-state index contributed by atoms with van der Waals surface area (Å²) in [7, 11) is 0. The Labute approximate surface area is 118 Å². The fourth-order valence-electron chi connectivity index (χ4n) is 1.81. The summed E-state index contributed by atoms with van der Waals surface area (Å²) in [6.07, 6.45) is 1.60. The van der Waals surface area contributed by atoms with Gasteiger partial charge in [0.05, 0.1) is 5.52 Å². The quantitative estimate of drug-likeness (QED) is 0.865. The molecular weight excluding hydrogens is 289 g/mol. The lowest BCUT2D eigenvalue weighted by Gasteiger charge is -2.03. The van der Waals surface area contributed by atoms with Crippen LogP contribution in [0.5, 0.6) is 0 Å². The molecule has 0 fully saturated rings. The van der Waals surface area contributed by atoms with Crippen LogP contribution in [0, 0.1) is 6.92 Å². The molecule has 0 aliphatic carbocycles. The maximum absolute atomic E-state index is 12.1. The molecule has 1 aromatic carbocycles. The van der Waals surface area contributed by atoms with Crippen LogP contribution in [0.3, 0.4) is 0 Å². The van der Waals surface area contributed by atoms with Crippen molar-refractivity contribution < 1.29 is 14.7 Å². The van der Waals surface area contributed by atoms with Gasteiger partial charge in [-0.05, 0) is 18.6 Å². The van der Waals surface area contributed by atoms with Crippen molar-refractivity contribution in [2.45, 2.75) is 6.92 Å². The monoisotopic (exact) mass is 297 g/mol. The van der Waals surface area contributed by atoms with Gasteiger partial charge in [0.1, 0.15) is 10.1 Å². The van der Waals surface area contributed by atoms with Gasteiger partial charge >= 0.3 is 5.97 Å². The van der Waals surface area contributed by atoms with Gasteiger partial charge in [-0.3, -0.25) is 9.36 Å². The van der Waals surface area contributed by atoms with E-state index in [-0.39, 0.29) is 0 Å². The Morgan fingerprint density at radius 3 is 2.42 bits per heavy atom. The lowest BCUT2D eigenvalue weighted by molar-refractivity contribution is -0.131. The number of benzene rings is 1. The van der Waals surface area contributed by atoms with Crippen LogP contribution in [0.4, 0.5) is 0 Å². The number of carboxylic acids is 1. The highest BCUT2D eigenvalue weighted by Crippen LogP contribution is 2.24. The zero-order valence-corrected chi connectivity index (χ0v) is 11.4. The number of carbonyl (C=O) groups is 2. The van der Waals surface area contributed by atoms with Crippen LogP contribution >= 0.6 is 23.2 Å². The standard InChI is InChI=1S/C13H9Cl2NO3/c1-7-6-16(9-5-3-2-4-8(7)9)12(17)10(14)11(15)13(18)19/h2-6H,1H3,(H,18,19)/b11-10-. The number of aryl methyl sites for hydroxylation is 1. The number of nitrogens with zero attached hydrogens (tertiary/aromatic N) is 1. The zero-order valence-electron chi connectivity index (χ0n) is 9.85. The minimum atomic E-state index is -1.44. The van der Waals surface area contributed by atoms with Crippen molar-refractivity contribution in [1.29, 1.82) is 0 Å². The van der Waals surface area contributed by atoms with Gasteiger partial charge in [0.25, 0.3) is 5.91 Å². The second-order valence-corrected chi connectivity index (χ2v) is 4.69. The molecule has 98 valence electrons. The SMILES string of the molecule is Cc1cn(C(=O)/C(Cl)=C(/Cl)C(=O)O)c2ccccc12. The van der Waals surface area contributed by atoms with Gasteiger partial charge in [0, 0.05) is 11.6 Å². The predicted octanol–water partition coefficient (Wildman–Crippen LogP) is 3.36. The number of carbonyl (C=O) groups excluding carboxylic acids is 1. The number of hydrogen-bond acceptors (Lipinski definition) is 2. The maximum atomic E-state index is 12.1. The van der Waals surface area contributed by atoms with E-state index in [2.05, 4.69) is 0 Å². The average molecular weight is 298 g/mol. The number of hydrogen-bond donors (Lipinski definition) is 1. The third-order valence-corrected chi connectivity index (χ3v) is 3.50. The zero-order chi connectivity index (χ0) is 14.2. The molecule has 0 bridgehead atoms. The van der Waals surface area contributed by atoms with E-state index in [1.165, 1.54) is 4.57 Å². The van der Waals surface area contributed by atoms with Crippen LogP contribution in [-0.4, -0.2) is 21.6 Å². The van der Waals surface area contributed by atoms with E-state index in [9.17, 15) is 9.59 Å². The molecule has 0 spiro atoms. The Hall–Kier alpha value is -1.78. The molecule has 0 saturated heterocycles. The van der Waals surface area contributed by atoms with Gasteiger partial charge in [-0.25, -0.2) is 4.79 Å². The topological polar surface area (TPSA) is 59.3 Å². The number of para-hydroxylation sites is 1. The van der Waals surface area contributed by atoms with Gasteiger partial charge in [-0.2, -0.15) is 0 Å². The summed E-state index contributed by atoms with van der Waals surface area (Å²) in [6.45, 7) is 1.85. The largest absolute Gasteiger partial charge is 0.477 e. The molecular formula is C13H9Cl2NO3. The van der Waals surface area contributed by atoms with E-state index < -0.39 is 21.9 Å². The van der Waals surface area contributed by atoms with E-state index in [1.54, 1.807) is 18.3 Å². The van der Waals surface area contributed by atoms with Crippen molar-refractivity contribution in [3.05, 3.63) is 46.1 Å². The molecule has 0 atom stereocenters. The highest BCUT2D eigenvalue weighted by molar-refractivity contribution is 6.53. The second kappa shape index (κ2) is 5.07. The predicted molar refractivity (Wildman–Crippen MR) is 73.7 cm³/mol. The third-order valence-electron chi connectivity index (χ3n) is 2.70. The van der Waals surface area contributed by atoms with Gasteiger partial charge in [0.15, 0.2) is 0 Å². The fraction of sp³-hybridized carbons (Fsp3) is 0.0769. The van der Waals surface area contributed by atoms with Gasteiger partial charge in [-0.15, -0.1) is 0 Å². The van der Waals surface area contributed by atoms with Crippen molar-refractivity contribution in [2.75, 3.05) is 0 Å². The first-order valence-electron chi connectivity index (χ1n) is 5.33. The molecule has 0 aliphatic rings. The van der Waals surface area contributed by atoms with Crippen LogP contribution in [0.15, 0.2) is 40.5 Å². The van der Waals surface area contributed by atoms with E-state index >= 15 is 0 Å². The van der Waals surface area contributed by atoms with Gasteiger partial charge in [-0.1, -0.05) is 41.4 Å². The molecule has 1 N–H and O–H groups in total. The first-order chi connectivity index (χ1) is 8.93. The summed E-state index contributed by atoms with van der Waals surface area (Å²) in [6, 6.07) is 7.25. The third kappa shape index (κ3) is 2.37. The number of rotatable bonds is 2. The van der Waals surface area contributed by atoms with Crippen LogP contribution in [-0.2, 0) is 4.79 Å². The smallest absolute Gasteiger partial charge is 0.349 e. The fourth-order valence-corrected chi connectivity index (χ4v) is 2.06. The summed E-state index contributed by atoms with van der Waals surface area (Å²) < 4.78 is 1.29. The normalized spacial score (nSPS) is 12.4. The van der Waals surface area contributed by atoms with Crippen LogP contribution < -0.4 is 0 Å². The Morgan fingerprint density at radius 1 is 1.16 bits per heavy atom. The Balaban J connectivity index is 2.60.